The van der Waals surface area contributed by atoms with Crippen molar-refractivity contribution in [2.75, 3.05) is 5.33 Å². The van der Waals surface area contributed by atoms with Gasteiger partial charge in [0.1, 0.15) is 4.47 Å². The highest BCUT2D eigenvalue weighted by Crippen LogP contribution is 2.37. The minimum Gasteiger partial charge on any atom is -0.298 e. The molecule has 0 aliphatic heterocycles. The lowest BCUT2D eigenvalue weighted by atomic mass is 9.82. The van der Waals surface area contributed by atoms with E-state index in [0.29, 0.717) is 4.47 Å². The summed E-state index contributed by atoms with van der Waals surface area (Å²) in [6, 6.07) is 0. The molecule has 18 heavy (non-hydrogen) atoms. The number of hydrogen-bond acceptors (Lipinski definition) is 2. The summed E-state index contributed by atoms with van der Waals surface area (Å²) >= 11 is 6.91. The van der Waals surface area contributed by atoms with Gasteiger partial charge in [0.2, 0.25) is 0 Å². The highest BCUT2D eigenvalue weighted by atomic mass is 79.9. The van der Waals surface area contributed by atoms with Gasteiger partial charge in [-0.2, -0.15) is 0 Å². The lowest BCUT2D eigenvalue weighted by Crippen LogP contribution is -2.33. The normalized spacial score (nSPS) is 19.4. The van der Waals surface area contributed by atoms with Crippen LogP contribution in [0.2, 0.25) is 0 Å². The minimum absolute atomic E-state index is 0.0228. The highest BCUT2D eigenvalue weighted by molar-refractivity contribution is 9.10. The van der Waals surface area contributed by atoms with E-state index in [1.54, 1.807) is 17.1 Å². The van der Waals surface area contributed by atoms with Crippen molar-refractivity contribution in [3.05, 3.63) is 27.4 Å². The van der Waals surface area contributed by atoms with Gasteiger partial charge in [-0.05, 0) is 34.2 Å². The van der Waals surface area contributed by atoms with Crippen molar-refractivity contribution >= 4 is 31.9 Å². The second-order valence-corrected chi connectivity index (χ2v) is 6.64. The molecule has 0 aromatic carbocycles. The minimum atomic E-state index is 0.0228. The molecule has 0 unspecified atom stereocenters. The van der Waals surface area contributed by atoms with Crippen LogP contribution in [0, 0.1) is 5.41 Å². The molecule has 100 valence electrons. The average molecular weight is 378 g/mol. The van der Waals surface area contributed by atoms with Crippen molar-refractivity contribution in [1.29, 1.82) is 0 Å². The van der Waals surface area contributed by atoms with E-state index in [-0.39, 0.29) is 11.0 Å². The fourth-order valence-corrected chi connectivity index (χ4v) is 3.79. The molecule has 1 aliphatic rings. The van der Waals surface area contributed by atoms with E-state index in [0.717, 1.165) is 11.9 Å². The van der Waals surface area contributed by atoms with Gasteiger partial charge in [0, 0.05) is 18.1 Å². The summed E-state index contributed by atoms with van der Waals surface area (Å²) in [5.74, 6) is 0. The summed E-state index contributed by atoms with van der Waals surface area (Å²) < 4.78 is 2.29. The van der Waals surface area contributed by atoms with Crippen LogP contribution in [0.3, 0.4) is 0 Å². The molecule has 1 aliphatic carbocycles. The fourth-order valence-electron chi connectivity index (χ4n) is 2.71. The Kier molecular flexibility index (Phi) is 5.01. The monoisotopic (exact) mass is 376 g/mol. The van der Waals surface area contributed by atoms with E-state index in [9.17, 15) is 4.79 Å². The van der Waals surface area contributed by atoms with Crippen molar-refractivity contribution in [2.45, 2.75) is 45.1 Å². The summed E-state index contributed by atoms with van der Waals surface area (Å²) in [4.78, 5) is 16.1. The molecule has 1 fully saturated rings. The molecule has 2 rings (SSSR count). The van der Waals surface area contributed by atoms with Crippen molar-refractivity contribution < 1.29 is 0 Å². The van der Waals surface area contributed by atoms with E-state index in [2.05, 4.69) is 36.8 Å². The first-order chi connectivity index (χ1) is 8.67. The third kappa shape index (κ3) is 3.23. The quantitative estimate of drug-likeness (QED) is 0.594. The Labute approximate surface area is 124 Å². The molecule has 0 atom stereocenters. The van der Waals surface area contributed by atoms with Crippen molar-refractivity contribution in [1.82, 2.24) is 9.55 Å². The summed E-state index contributed by atoms with van der Waals surface area (Å²) in [6.45, 7) is 0.767. The molecule has 1 heterocycles. The van der Waals surface area contributed by atoms with E-state index in [1.807, 2.05) is 0 Å². The van der Waals surface area contributed by atoms with Crippen molar-refractivity contribution in [3.63, 3.8) is 0 Å². The molecule has 1 aromatic rings. The fraction of sp³-hybridized carbons (Fsp3) is 0.692. The third-order valence-corrected chi connectivity index (χ3v) is 5.55. The molecule has 0 bridgehead atoms. The van der Waals surface area contributed by atoms with Gasteiger partial charge in [-0.15, -0.1) is 0 Å². The number of aromatic nitrogens is 2. The van der Waals surface area contributed by atoms with Crippen molar-refractivity contribution in [3.8, 4) is 0 Å². The maximum absolute atomic E-state index is 12.0. The maximum Gasteiger partial charge on any atom is 0.267 e. The molecule has 0 spiro atoms. The van der Waals surface area contributed by atoms with Gasteiger partial charge in [-0.3, -0.25) is 9.36 Å². The van der Waals surface area contributed by atoms with Crippen LogP contribution >= 0.6 is 31.9 Å². The van der Waals surface area contributed by atoms with Crippen LogP contribution in [0.5, 0.6) is 0 Å². The van der Waals surface area contributed by atoms with Crippen LogP contribution in [-0.2, 0) is 6.54 Å². The van der Waals surface area contributed by atoms with Gasteiger partial charge in [0.25, 0.3) is 5.56 Å². The first-order valence-electron chi connectivity index (χ1n) is 6.43. The summed E-state index contributed by atoms with van der Waals surface area (Å²) in [6.07, 6.45) is 10.8. The molecule has 0 saturated heterocycles. The molecule has 0 amide bonds. The molecule has 5 heteroatoms. The summed E-state index contributed by atoms with van der Waals surface area (Å²) in [7, 11) is 0. The molecule has 0 N–H and O–H groups in total. The number of hydrogen-bond donors (Lipinski definition) is 0. The van der Waals surface area contributed by atoms with Crippen LogP contribution in [-0.4, -0.2) is 14.9 Å². The Morgan fingerprint density at radius 2 is 1.94 bits per heavy atom. The topological polar surface area (TPSA) is 34.9 Å². The Hall–Kier alpha value is -0.160. The van der Waals surface area contributed by atoms with E-state index < -0.39 is 0 Å². The second kappa shape index (κ2) is 6.33. The third-order valence-electron chi connectivity index (χ3n) is 3.81. The van der Waals surface area contributed by atoms with E-state index >= 15 is 0 Å². The lowest BCUT2D eigenvalue weighted by Gasteiger charge is -2.31. The van der Waals surface area contributed by atoms with Gasteiger partial charge in [0.15, 0.2) is 0 Å². The molecular formula is C13H18Br2N2O. The Morgan fingerprint density at radius 1 is 1.28 bits per heavy atom. The summed E-state index contributed by atoms with van der Waals surface area (Å²) in [5, 5.41) is 0.957. The summed E-state index contributed by atoms with van der Waals surface area (Å²) in [5.41, 5.74) is 0.234. The smallest absolute Gasteiger partial charge is 0.267 e. The zero-order valence-corrected chi connectivity index (χ0v) is 13.5. The zero-order valence-electron chi connectivity index (χ0n) is 10.4. The first-order valence-corrected chi connectivity index (χ1v) is 8.34. The lowest BCUT2D eigenvalue weighted by molar-refractivity contribution is 0.238. The zero-order chi connectivity index (χ0) is 13.0. The van der Waals surface area contributed by atoms with Crippen LogP contribution in [0.1, 0.15) is 38.5 Å². The predicted molar refractivity (Wildman–Crippen MR) is 80.1 cm³/mol. The molecule has 0 radical (unpaired) electrons. The molecule has 1 saturated carbocycles. The van der Waals surface area contributed by atoms with Gasteiger partial charge in [-0.1, -0.05) is 41.6 Å². The number of alkyl halides is 1. The second-order valence-electron chi connectivity index (χ2n) is 5.22. The standard InChI is InChI=1S/C13H18Br2N2O/c14-8-13(5-3-1-2-4-6-13)9-17-10-16-7-11(15)12(17)18/h7,10H,1-6,8-9H2. The number of nitrogens with zero attached hydrogens (tertiary/aromatic N) is 2. The Bertz CT molecular complexity index is 451. The number of rotatable bonds is 3. The van der Waals surface area contributed by atoms with Crippen LogP contribution in [0.15, 0.2) is 21.8 Å². The Morgan fingerprint density at radius 3 is 2.56 bits per heavy atom. The SMILES string of the molecule is O=c1c(Br)cncn1CC1(CBr)CCCCCC1. The van der Waals surface area contributed by atoms with E-state index in [4.69, 9.17) is 0 Å². The van der Waals surface area contributed by atoms with Gasteiger partial charge < -0.3 is 0 Å². The largest absolute Gasteiger partial charge is 0.298 e. The Balaban J connectivity index is 2.23. The average Bonchev–Trinajstić information content (AvgIpc) is 2.61. The highest BCUT2D eigenvalue weighted by Gasteiger charge is 2.30. The molecule has 1 aromatic heterocycles. The number of halogens is 2. The molecular weight excluding hydrogens is 360 g/mol. The molecule has 3 nitrogen and oxygen atoms in total. The van der Waals surface area contributed by atoms with Gasteiger partial charge >= 0.3 is 0 Å². The van der Waals surface area contributed by atoms with Gasteiger partial charge in [-0.25, -0.2) is 4.98 Å². The maximum atomic E-state index is 12.0. The first kappa shape index (κ1) is 14.3. The van der Waals surface area contributed by atoms with Crippen LogP contribution in [0.25, 0.3) is 0 Å². The van der Waals surface area contributed by atoms with Crippen LogP contribution in [0.4, 0.5) is 0 Å². The van der Waals surface area contributed by atoms with Gasteiger partial charge in [0.05, 0.1) is 6.33 Å². The predicted octanol–water partition coefficient (Wildman–Crippen LogP) is 3.74. The van der Waals surface area contributed by atoms with Crippen LogP contribution < -0.4 is 5.56 Å². The van der Waals surface area contributed by atoms with E-state index in [1.165, 1.54) is 38.5 Å². The van der Waals surface area contributed by atoms with Crippen molar-refractivity contribution in [2.24, 2.45) is 5.41 Å².